The van der Waals surface area contributed by atoms with Crippen molar-refractivity contribution in [2.45, 2.75) is 39.7 Å². The number of aromatic nitrogens is 2. The van der Waals surface area contributed by atoms with Crippen molar-refractivity contribution in [3.63, 3.8) is 0 Å². The highest BCUT2D eigenvalue weighted by Crippen LogP contribution is 2.21. The Morgan fingerprint density at radius 1 is 1.40 bits per heavy atom. The number of hydrogen-bond acceptors (Lipinski definition) is 4. The Balaban J connectivity index is 2.32. The number of carbonyl (C=O) groups is 1. The van der Waals surface area contributed by atoms with Crippen LogP contribution in [-0.4, -0.2) is 28.0 Å². The van der Waals surface area contributed by atoms with Gasteiger partial charge < -0.3 is 9.88 Å². The van der Waals surface area contributed by atoms with E-state index >= 15 is 0 Å². The molecular formula is C24H29N5O. The summed E-state index contributed by atoms with van der Waals surface area (Å²) in [5.41, 5.74) is 4.65. The van der Waals surface area contributed by atoms with E-state index in [0.717, 1.165) is 24.0 Å². The van der Waals surface area contributed by atoms with Crippen LogP contribution < -0.4 is 10.9 Å². The summed E-state index contributed by atoms with van der Waals surface area (Å²) >= 11 is 0. The fraction of sp³-hybridized carbons (Fsp3) is 0.333. The summed E-state index contributed by atoms with van der Waals surface area (Å²) in [6.45, 7) is 14.3. The van der Waals surface area contributed by atoms with Crippen LogP contribution in [0.25, 0.3) is 5.57 Å². The Hall–Kier alpha value is -3.46. The predicted octanol–water partition coefficient (Wildman–Crippen LogP) is 3.77. The van der Waals surface area contributed by atoms with Crippen molar-refractivity contribution in [3.8, 4) is 6.07 Å². The average Bonchev–Trinajstić information content (AvgIpc) is 3.00. The summed E-state index contributed by atoms with van der Waals surface area (Å²) in [7, 11) is 1.75. The quantitative estimate of drug-likeness (QED) is 0.704. The van der Waals surface area contributed by atoms with Gasteiger partial charge in [0.15, 0.2) is 0 Å². The van der Waals surface area contributed by atoms with Crippen molar-refractivity contribution in [2.24, 2.45) is 12.0 Å². The lowest BCUT2D eigenvalue weighted by atomic mass is 10.0. The second-order valence-electron chi connectivity index (χ2n) is 7.07. The molecule has 1 aromatic rings. The van der Waals surface area contributed by atoms with Crippen LogP contribution in [-0.2, 0) is 7.05 Å². The minimum absolute atomic E-state index is 0.201. The van der Waals surface area contributed by atoms with Gasteiger partial charge in [-0.2, -0.15) is 5.26 Å². The lowest BCUT2D eigenvalue weighted by molar-refractivity contribution is 0.0940. The van der Waals surface area contributed by atoms with E-state index in [9.17, 15) is 10.1 Å². The molecule has 0 aromatic carbocycles. The summed E-state index contributed by atoms with van der Waals surface area (Å²) in [5.74, 6) is -0.330. The maximum atomic E-state index is 12.9. The van der Waals surface area contributed by atoms with Gasteiger partial charge in [-0.05, 0) is 43.9 Å². The van der Waals surface area contributed by atoms with E-state index in [0.29, 0.717) is 17.9 Å². The lowest BCUT2D eigenvalue weighted by Crippen LogP contribution is -2.36. The average molecular weight is 404 g/mol. The molecule has 6 nitrogen and oxygen atoms in total. The summed E-state index contributed by atoms with van der Waals surface area (Å²) in [4.78, 5) is 21.6. The van der Waals surface area contributed by atoms with Crippen LogP contribution in [0.4, 0.5) is 0 Å². The molecule has 1 atom stereocenters. The number of allylic oxidation sites excluding steroid dienone is 6. The topological polar surface area (TPSA) is 83.1 Å². The summed E-state index contributed by atoms with van der Waals surface area (Å²) in [5, 5.41) is 12.2. The number of amides is 1. The van der Waals surface area contributed by atoms with Crippen LogP contribution >= 0.6 is 0 Å². The largest absolute Gasteiger partial charge is 0.344 e. The van der Waals surface area contributed by atoms with Gasteiger partial charge in [-0.1, -0.05) is 50.0 Å². The molecule has 1 N–H and O–H groups in total. The number of nitriles is 1. The summed E-state index contributed by atoms with van der Waals surface area (Å²) in [6.07, 6.45) is 9.93. The first-order valence-corrected chi connectivity index (χ1v) is 10.1. The molecule has 0 saturated heterocycles. The first-order valence-electron chi connectivity index (χ1n) is 10.1. The molecule has 1 aromatic heterocycles. The number of rotatable bonds is 7. The van der Waals surface area contributed by atoms with Gasteiger partial charge in [-0.25, -0.2) is 4.98 Å². The van der Waals surface area contributed by atoms with E-state index in [1.807, 2.05) is 32.1 Å². The van der Waals surface area contributed by atoms with Gasteiger partial charge in [0.1, 0.15) is 11.8 Å². The van der Waals surface area contributed by atoms with E-state index in [1.54, 1.807) is 17.7 Å². The third kappa shape index (κ3) is 5.32. The molecule has 6 heteroatoms. The van der Waals surface area contributed by atoms with Crippen molar-refractivity contribution < 1.29 is 4.79 Å². The van der Waals surface area contributed by atoms with Gasteiger partial charge in [0, 0.05) is 13.6 Å². The van der Waals surface area contributed by atoms with Crippen LogP contribution in [0, 0.1) is 11.3 Å². The molecule has 1 heterocycles. The van der Waals surface area contributed by atoms with E-state index in [1.165, 1.54) is 5.57 Å². The Kier molecular flexibility index (Phi) is 7.88. The molecule has 0 saturated carbocycles. The highest BCUT2D eigenvalue weighted by atomic mass is 16.1. The number of nitrogens with one attached hydrogen (secondary N) is 1. The van der Waals surface area contributed by atoms with Crippen LogP contribution in [0.1, 0.15) is 49.8 Å². The molecule has 30 heavy (non-hydrogen) atoms. The number of carbonyl (C=O) groups excluding carboxylic acids is 1. The molecule has 0 aliphatic heterocycles. The van der Waals surface area contributed by atoms with E-state index in [2.05, 4.69) is 47.5 Å². The second kappa shape index (κ2) is 10.4. The molecule has 1 aliphatic carbocycles. The van der Waals surface area contributed by atoms with Crippen molar-refractivity contribution in [1.29, 1.82) is 5.26 Å². The highest BCUT2D eigenvalue weighted by Gasteiger charge is 2.17. The summed E-state index contributed by atoms with van der Waals surface area (Å²) < 4.78 is 1.67. The van der Waals surface area contributed by atoms with Gasteiger partial charge >= 0.3 is 0 Å². The second-order valence-corrected chi connectivity index (χ2v) is 7.07. The molecule has 1 amide bonds. The zero-order valence-electron chi connectivity index (χ0n) is 18.2. The number of nitrogens with zero attached hydrogens (tertiary/aromatic N) is 4. The maximum Gasteiger partial charge on any atom is 0.270 e. The van der Waals surface area contributed by atoms with Crippen molar-refractivity contribution in [3.05, 3.63) is 77.3 Å². The molecule has 1 aliphatic rings. The lowest BCUT2D eigenvalue weighted by Gasteiger charge is -2.16. The van der Waals surface area contributed by atoms with Crippen molar-refractivity contribution in [1.82, 2.24) is 14.9 Å². The molecule has 0 spiro atoms. The minimum atomic E-state index is -0.330. The molecule has 2 rings (SSSR count). The first-order chi connectivity index (χ1) is 14.3. The van der Waals surface area contributed by atoms with E-state index < -0.39 is 0 Å². The Morgan fingerprint density at radius 2 is 2.13 bits per heavy atom. The molecular weight excluding hydrogens is 374 g/mol. The zero-order valence-corrected chi connectivity index (χ0v) is 18.2. The van der Waals surface area contributed by atoms with E-state index in [-0.39, 0.29) is 23.2 Å². The van der Waals surface area contributed by atoms with Crippen LogP contribution in [0.2, 0.25) is 0 Å². The Bertz CT molecular complexity index is 1060. The smallest absolute Gasteiger partial charge is 0.270 e. The van der Waals surface area contributed by atoms with E-state index in [4.69, 9.17) is 0 Å². The normalized spacial score (nSPS) is 14.8. The van der Waals surface area contributed by atoms with Gasteiger partial charge in [0.2, 0.25) is 5.62 Å². The Morgan fingerprint density at radius 3 is 2.77 bits per heavy atom. The van der Waals surface area contributed by atoms with Gasteiger partial charge in [0.05, 0.1) is 17.3 Å². The van der Waals surface area contributed by atoms with Gasteiger partial charge in [-0.3, -0.25) is 9.79 Å². The molecule has 1 unspecified atom stereocenters. The third-order valence-corrected chi connectivity index (χ3v) is 4.99. The monoisotopic (exact) mass is 403 g/mol. The number of hydrogen-bond donors (Lipinski definition) is 1. The highest BCUT2D eigenvalue weighted by molar-refractivity contribution is 5.93. The maximum absolute atomic E-state index is 12.9. The standard InChI is InChI=1S/C24H29N5O/c1-7-16(3)19-10-9-11-20(13-12-19)18(5)27-23(30)21-14-22(17(4)15-25)29(6)24(28-21)26-8-2/h9,11-14,18H,3-4,7-8,10H2,1-2,5-6H3,(H,27,30). The van der Waals surface area contributed by atoms with Crippen molar-refractivity contribution >= 4 is 11.5 Å². The van der Waals surface area contributed by atoms with Crippen molar-refractivity contribution in [2.75, 3.05) is 6.54 Å². The van der Waals surface area contributed by atoms with Gasteiger partial charge in [-0.15, -0.1) is 0 Å². The molecule has 0 radical (unpaired) electrons. The van der Waals surface area contributed by atoms with Gasteiger partial charge in [0.25, 0.3) is 5.91 Å². The van der Waals surface area contributed by atoms with Crippen LogP contribution in [0.5, 0.6) is 0 Å². The fourth-order valence-electron chi connectivity index (χ4n) is 3.07. The van der Waals surface area contributed by atoms with Crippen LogP contribution in [0.15, 0.2) is 65.2 Å². The minimum Gasteiger partial charge on any atom is -0.344 e. The molecule has 156 valence electrons. The predicted molar refractivity (Wildman–Crippen MR) is 120 cm³/mol. The molecule has 0 fully saturated rings. The Labute approximate surface area is 178 Å². The first kappa shape index (κ1) is 22.8. The third-order valence-electron chi connectivity index (χ3n) is 4.99. The fourth-order valence-corrected chi connectivity index (χ4v) is 3.07. The zero-order chi connectivity index (χ0) is 22.3. The summed E-state index contributed by atoms with van der Waals surface area (Å²) in [6, 6.07) is 3.38. The van der Waals surface area contributed by atoms with Crippen LogP contribution in [0.3, 0.4) is 0 Å². The SMILES string of the molecule is C=C(CC)C1=CC=C(C(C)NC(=O)c2cc(C(=C)C#N)n(C)c(=NCC)n2)C=CC1. The molecule has 0 bridgehead atoms.